The fourth-order valence-corrected chi connectivity index (χ4v) is 0.908. The van der Waals surface area contributed by atoms with Gasteiger partial charge in [0.1, 0.15) is 0 Å². The van der Waals surface area contributed by atoms with Crippen LogP contribution in [0.3, 0.4) is 0 Å². The van der Waals surface area contributed by atoms with Gasteiger partial charge in [-0.3, -0.25) is 0 Å². The Hall–Kier alpha value is -1.02. The number of carbonyl (C=O) groups is 1. The predicted molar refractivity (Wildman–Crippen MR) is 40.3 cm³/mol. The summed E-state index contributed by atoms with van der Waals surface area (Å²) < 4.78 is 0. The topological polar surface area (TPSA) is 40.1 Å². The lowest BCUT2D eigenvalue weighted by atomic mass is 10.1. The van der Waals surface area contributed by atoms with E-state index in [1.807, 2.05) is 0 Å². The summed E-state index contributed by atoms with van der Waals surface area (Å²) in [4.78, 5) is 10.3. The van der Waals surface area contributed by atoms with E-state index < -0.39 is 5.97 Å². The van der Waals surface area contributed by atoms with E-state index in [9.17, 15) is 9.90 Å². The Morgan fingerprint density at radius 1 is 1.36 bits per heavy atom. The van der Waals surface area contributed by atoms with Gasteiger partial charge in [0.2, 0.25) is 0 Å². The van der Waals surface area contributed by atoms with E-state index in [0.29, 0.717) is 5.88 Å². The number of aromatic carboxylic acids is 1. The van der Waals surface area contributed by atoms with Crippen molar-refractivity contribution in [2.24, 2.45) is 0 Å². The van der Waals surface area contributed by atoms with Gasteiger partial charge in [0, 0.05) is 5.88 Å². The first kappa shape index (κ1) is 8.08. The molecule has 0 atom stereocenters. The number of carboxylic acid groups (broad SMARTS) is 1. The van der Waals surface area contributed by atoms with Crippen molar-refractivity contribution < 1.29 is 9.90 Å². The minimum atomic E-state index is -1.16. The number of benzene rings is 1. The lowest BCUT2D eigenvalue weighted by Crippen LogP contribution is -2.21. The summed E-state index contributed by atoms with van der Waals surface area (Å²) in [6, 6.07) is 6.29. The quantitative estimate of drug-likeness (QED) is 0.615. The Bertz CT molecular complexity index is 253. The van der Waals surface area contributed by atoms with Gasteiger partial charge in [-0.25, -0.2) is 0 Å². The third-order valence-electron chi connectivity index (χ3n) is 1.34. The van der Waals surface area contributed by atoms with Crippen LogP contribution >= 0.6 is 11.6 Å². The molecule has 1 aromatic rings. The number of halogens is 1. The number of alkyl halides is 1. The zero-order chi connectivity index (χ0) is 8.27. The fraction of sp³-hybridized carbons (Fsp3) is 0.125. The summed E-state index contributed by atoms with van der Waals surface area (Å²) in [7, 11) is 0. The van der Waals surface area contributed by atoms with Crippen molar-refractivity contribution in [2.45, 2.75) is 5.88 Å². The Morgan fingerprint density at radius 2 is 1.91 bits per heavy atom. The minimum Gasteiger partial charge on any atom is -0.545 e. The highest BCUT2D eigenvalue weighted by Gasteiger charge is 1.92. The number of carboxylic acids is 1. The normalized spacial score (nSPS) is 9.55. The van der Waals surface area contributed by atoms with Crippen LogP contribution in [0, 0.1) is 0 Å². The van der Waals surface area contributed by atoms with Crippen LogP contribution in [0.5, 0.6) is 0 Å². The Balaban J connectivity index is 2.91. The number of hydrogen-bond acceptors (Lipinski definition) is 2. The lowest BCUT2D eigenvalue weighted by Gasteiger charge is -2.01. The van der Waals surface area contributed by atoms with Gasteiger partial charge >= 0.3 is 0 Å². The third kappa shape index (κ3) is 1.95. The van der Waals surface area contributed by atoms with Crippen LogP contribution in [0.4, 0.5) is 0 Å². The maximum atomic E-state index is 10.3. The van der Waals surface area contributed by atoms with Gasteiger partial charge < -0.3 is 9.90 Å². The monoisotopic (exact) mass is 169 g/mol. The molecule has 0 heterocycles. The molecule has 2 nitrogen and oxygen atoms in total. The van der Waals surface area contributed by atoms with Crippen LogP contribution in [0.1, 0.15) is 15.9 Å². The molecule has 0 fully saturated rings. The summed E-state index contributed by atoms with van der Waals surface area (Å²) >= 11 is 5.50. The molecule has 1 aromatic carbocycles. The van der Waals surface area contributed by atoms with E-state index in [1.165, 1.54) is 12.1 Å². The first-order chi connectivity index (χ1) is 5.24. The van der Waals surface area contributed by atoms with Gasteiger partial charge in [-0.05, 0) is 11.1 Å². The molecule has 0 N–H and O–H groups in total. The Labute approximate surface area is 69.4 Å². The standard InChI is InChI=1S/C8H7ClO2/c9-5-6-1-3-7(4-2-6)8(10)11/h1-4H,5H2,(H,10,11)/p-1. The molecule has 0 spiro atoms. The molecule has 0 aliphatic heterocycles. The van der Waals surface area contributed by atoms with Crippen molar-refractivity contribution in [3.63, 3.8) is 0 Å². The van der Waals surface area contributed by atoms with Crippen LogP contribution in [-0.4, -0.2) is 5.97 Å². The van der Waals surface area contributed by atoms with Crippen molar-refractivity contribution in [1.82, 2.24) is 0 Å². The molecule has 0 radical (unpaired) electrons. The second kappa shape index (κ2) is 3.39. The molecule has 0 aromatic heterocycles. The molecule has 0 saturated carbocycles. The minimum absolute atomic E-state index is 0.180. The average molecular weight is 170 g/mol. The summed E-state index contributed by atoms with van der Waals surface area (Å²) in [5.74, 6) is -0.765. The van der Waals surface area contributed by atoms with Crippen molar-refractivity contribution >= 4 is 17.6 Å². The molecule has 1 rings (SSSR count). The van der Waals surface area contributed by atoms with E-state index in [2.05, 4.69) is 0 Å². The van der Waals surface area contributed by atoms with Crippen LogP contribution in [0.25, 0.3) is 0 Å². The molecule has 0 aliphatic carbocycles. The maximum Gasteiger partial charge on any atom is 0.0715 e. The van der Waals surface area contributed by atoms with Crippen LogP contribution in [-0.2, 0) is 5.88 Å². The fourth-order valence-electron chi connectivity index (χ4n) is 0.730. The Morgan fingerprint density at radius 3 is 2.27 bits per heavy atom. The lowest BCUT2D eigenvalue weighted by molar-refractivity contribution is -0.255. The predicted octanol–water partition coefficient (Wildman–Crippen LogP) is 0.789. The summed E-state index contributed by atoms with van der Waals surface area (Å²) in [5.41, 5.74) is 1.08. The van der Waals surface area contributed by atoms with Gasteiger partial charge in [-0.1, -0.05) is 24.3 Å². The Kier molecular flexibility index (Phi) is 2.49. The molecule has 0 saturated heterocycles. The van der Waals surface area contributed by atoms with Crippen LogP contribution < -0.4 is 5.11 Å². The number of carbonyl (C=O) groups excluding carboxylic acids is 1. The molecular formula is C8H6ClO2-. The summed E-state index contributed by atoms with van der Waals surface area (Å²) in [5, 5.41) is 10.3. The number of rotatable bonds is 2. The first-order valence-corrected chi connectivity index (χ1v) is 3.63. The SMILES string of the molecule is O=C([O-])c1ccc(CCl)cc1. The van der Waals surface area contributed by atoms with Crippen molar-refractivity contribution in [2.75, 3.05) is 0 Å². The molecule has 0 amide bonds. The highest BCUT2D eigenvalue weighted by molar-refractivity contribution is 6.17. The highest BCUT2D eigenvalue weighted by Crippen LogP contribution is 2.05. The summed E-state index contributed by atoms with van der Waals surface area (Å²) in [6.07, 6.45) is 0. The zero-order valence-electron chi connectivity index (χ0n) is 5.71. The molecular weight excluding hydrogens is 164 g/mol. The van der Waals surface area contributed by atoms with E-state index >= 15 is 0 Å². The van der Waals surface area contributed by atoms with Gasteiger partial charge in [0.15, 0.2) is 0 Å². The van der Waals surface area contributed by atoms with Crippen molar-refractivity contribution in [3.8, 4) is 0 Å². The van der Waals surface area contributed by atoms with Crippen molar-refractivity contribution in [3.05, 3.63) is 35.4 Å². The van der Waals surface area contributed by atoms with Gasteiger partial charge in [0.25, 0.3) is 0 Å². The third-order valence-corrected chi connectivity index (χ3v) is 1.65. The zero-order valence-corrected chi connectivity index (χ0v) is 6.47. The van der Waals surface area contributed by atoms with Gasteiger partial charge in [0.05, 0.1) is 5.97 Å². The van der Waals surface area contributed by atoms with E-state index in [4.69, 9.17) is 11.6 Å². The molecule has 3 heteroatoms. The smallest absolute Gasteiger partial charge is 0.0715 e. The van der Waals surface area contributed by atoms with Gasteiger partial charge in [-0.15, -0.1) is 11.6 Å². The highest BCUT2D eigenvalue weighted by atomic mass is 35.5. The second-order valence-electron chi connectivity index (χ2n) is 2.12. The summed E-state index contributed by atoms with van der Waals surface area (Å²) in [6.45, 7) is 0. The first-order valence-electron chi connectivity index (χ1n) is 3.10. The maximum absolute atomic E-state index is 10.3. The average Bonchev–Trinajstić information content (AvgIpc) is 2.05. The molecule has 11 heavy (non-hydrogen) atoms. The molecule has 58 valence electrons. The molecule has 0 aliphatic rings. The van der Waals surface area contributed by atoms with Gasteiger partial charge in [-0.2, -0.15) is 0 Å². The molecule has 0 unspecified atom stereocenters. The second-order valence-corrected chi connectivity index (χ2v) is 2.39. The van der Waals surface area contributed by atoms with E-state index in [1.54, 1.807) is 12.1 Å². The van der Waals surface area contributed by atoms with Crippen LogP contribution in [0.15, 0.2) is 24.3 Å². The van der Waals surface area contributed by atoms with E-state index in [-0.39, 0.29) is 5.56 Å². The largest absolute Gasteiger partial charge is 0.545 e. The van der Waals surface area contributed by atoms with Crippen molar-refractivity contribution in [1.29, 1.82) is 0 Å². The number of hydrogen-bond donors (Lipinski definition) is 0. The molecule has 0 bridgehead atoms. The van der Waals surface area contributed by atoms with E-state index in [0.717, 1.165) is 5.56 Å². The van der Waals surface area contributed by atoms with Crippen LogP contribution in [0.2, 0.25) is 0 Å².